The van der Waals surface area contributed by atoms with Gasteiger partial charge >= 0.3 is 11.9 Å². The number of esters is 2. The molecule has 0 saturated heterocycles. The van der Waals surface area contributed by atoms with Gasteiger partial charge in [-0.25, -0.2) is 9.59 Å². The van der Waals surface area contributed by atoms with Gasteiger partial charge in [0, 0.05) is 0 Å². The normalized spacial score (nSPS) is 16.1. The maximum atomic E-state index is 12.3. The van der Waals surface area contributed by atoms with Gasteiger partial charge in [-0.2, -0.15) is 0 Å². The van der Waals surface area contributed by atoms with Crippen LogP contribution in [0.25, 0.3) is 0 Å². The van der Waals surface area contributed by atoms with Gasteiger partial charge in [-0.1, -0.05) is 30.3 Å². The van der Waals surface area contributed by atoms with E-state index in [-0.39, 0.29) is 50.8 Å². The molecule has 1 aromatic heterocycles. The van der Waals surface area contributed by atoms with Crippen LogP contribution in [0.15, 0.2) is 66.7 Å². The molecule has 2 aliphatic heterocycles. The van der Waals surface area contributed by atoms with Gasteiger partial charge in [0.25, 0.3) is 0 Å². The Kier molecular flexibility index (Phi) is 16.8. The largest absolute Gasteiger partial charge is 0.477 e. The Morgan fingerprint density at radius 3 is 1.30 bits per heavy atom. The summed E-state index contributed by atoms with van der Waals surface area (Å²) in [5, 5.41) is 0. The molecule has 0 N–H and O–H groups in total. The fourth-order valence-electron chi connectivity index (χ4n) is 5.32. The topological polar surface area (TPSA) is 173 Å². The summed E-state index contributed by atoms with van der Waals surface area (Å²) >= 11 is 0. The minimum Gasteiger partial charge on any atom is -0.477 e. The first-order chi connectivity index (χ1) is 26.5. The minimum absolute atomic E-state index is 0.0437. The molecule has 2 aromatic carbocycles. The van der Waals surface area contributed by atoms with Crippen molar-refractivity contribution >= 4 is 23.5 Å². The molecule has 0 saturated carbocycles. The lowest BCUT2D eigenvalue weighted by Crippen LogP contribution is -2.36. The summed E-state index contributed by atoms with van der Waals surface area (Å²) in [7, 11) is 0. The molecule has 2 aliphatic rings. The molecule has 3 heterocycles. The summed E-state index contributed by atoms with van der Waals surface area (Å²) in [6.07, 6.45) is -2.01. The van der Waals surface area contributed by atoms with Crippen LogP contribution in [0, 0.1) is 0 Å². The van der Waals surface area contributed by atoms with E-state index in [9.17, 15) is 19.2 Å². The number of fused-ring (bicyclic) bond motifs is 2. The van der Waals surface area contributed by atoms with Crippen molar-refractivity contribution in [3.05, 3.63) is 89.2 Å². The molecule has 54 heavy (non-hydrogen) atoms. The number of carbonyl (C=O) groups excluding carboxylic acids is 4. The van der Waals surface area contributed by atoms with Crippen molar-refractivity contribution < 1.29 is 66.5 Å². The molecule has 15 heteroatoms. The third kappa shape index (κ3) is 13.3. The van der Waals surface area contributed by atoms with E-state index in [2.05, 4.69) is 4.98 Å². The highest BCUT2D eigenvalue weighted by molar-refractivity contribution is 6.03. The predicted molar refractivity (Wildman–Crippen MR) is 188 cm³/mol. The van der Waals surface area contributed by atoms with Gasteiger partial charge in [0.2, 0.25) is 12.2 Å². The zero-order chi connectivity index (χ0) is 37.8. The molecule has 0 radical (unpaired) electrons. The van der Waals surface area contributed by atoms with Crippen molar-refractivity contribution in [1.29, 1.82) is 0 Å². The molecule has 0 spiro atoms. The monoisotopic (exact) mass is 751 g/mol. The Bertz CT molecular complexity index is 1550. The average Bonchev–Trinajstić information content (AvgIpc) is 3.19. The Labute approximate surface area is 313 Å². The number of pyridine rings is 1. The third-order valence-electron chi connectivity index (χ3n) is 7.98. The van der Waals surface area contributed by atoms with Crippen molar-refractivity contribution in [2.24, 2.45) is 0 Å². The first-order valence-corrected chi connectivity index (χ1v) is 17.8. The van der Waals surface area contributed by atoms with Crippen LogP contribution in [0.4, 0.5) is 0 Å². The summed E-state index contributed by atoms with van der Waals surface area (Å²) in [6.45, 7) is 3.99. The summed E-state index contributed by atoms with van der Waals surface area (Å²) in [5.41, 5.74) is 2.48. The summed E-state index contributed by atoms with van der Waals surface area (Å²) in [4.78, 5) is 53.5. The van der Waals surface area contributed by atoms with E-state index in [0.29, 0.717) is 88.7 Å². The smallest absolute Gasteiger partial charge is 0.347 e. The number of aromatic nitrogens is 1. The van der Waals surface area contributed by atoms with Gasteiger partial charge in [-0.3, -0.25) is 14.6 Å². The molecule has 0 bridgehead atoms. The second kappa shape index (κ2) is 22.4. The van der Waals surface area contributed by atoms with Crippen molar-refractivity contribution in [2.45, 2.75) is 38.3 Å². The molecule has 290 valence electrons. The maximum Gasteiger partial charge on any atom is 0.347 e. The number of nitrogens with zero attached hydrogens (tertiary/aromatic N) is 1. The zero-order valence-electron chi connectivity index (χ0n) is 30.0. The molecule has 0 fully saturated rings. The molecular weight excluding hydrogens is 706 g/mol. The van der Waals surface area contributed by atoms with E-state index >= 15 is 0 Å². The summed E-state index contributed by atoms with van der Waals surface area (Å²) < 4.78 is 54.8. The number of ketones is 2. The van der Waals surface area contributed by atoms with Crippen LogP contribution in [-0.4, -0.2) is 120 Å². The number of Topliss-reactive ketones (excluding diaryl/α,β-unsaturated/α-hetero) is 2. The van der Waals surface area contributed by atoms with E-state index in [4.69, 9.17) is 47.4 Å². The Morgan fingerprint density at radius 1 is 0.500 bits per heavy atom. The van der Waals surface area contributed by atoms with E-state index in [0.717, 1.165) is 11.4 Å². The fraction of sp³-hybridized carbons (Fsp3) is 0.462. The molecule has 3 aromatic rings. The van der Waals surface area contributed by atoms with Crippen LogP contribution < -0.4 is 9.47 Å². The predicted octanol–water partition coefficient (Wildman–Crippen LogP) is 3.34. The highest BCUT2D eigenvalue weighted by atomic mass is 16.6. The Morgan fingerprint density at radius 2 is 0.870 bits per heavy atom. The van der Waals surface area contributed by atoms with Crippen molar-refractivity contribution in [3.8, 4) is 11.5 Å². The van der Waals surface area contributed by atoms with Crippen LogP contribution in [0.3, 0.4) is 0 Å². The van der Waals surface area contributed by atoms with Crippen molar-refractivity contribution in [3.63, 3.8) is 0 Å². The van der Waals surface area contributed by atoms with Crippen LogP contribution in [-0.2, 0) is 60.7 Å². The fourth-order valence-corrected chi connectivity index (χ4v) is 5.32. The average molecular weight is 752 g/mol. The molecule has 5 rings (SSSR count). The zero-order valence-corrected chi connectivity index (χ0v) is 30.0. The molecule has 2 atom stereocenters. The van der Waals surface area contributed by atoms with E-state index in [1.165, 1.54) is 0 Å². The Hall–Kier alpha value is -4.77. The lowest BCUT2D eigenvalue weighted by molar-refractivity contribution is -0.154. The minimum atomic E-state index is -0.953. The van der Waals surface area contributed by atoms with Crippen molar-refractivity contribution in [1.82, 2.24) is 4.98 Å². The number of rotatable bonds is 24. The van der Waals surface area contributed by atoms with E-state index < -0.39 is 24.1 Å². The van der Waals surface area contributed by atoms with Gasteiger partial charge in [-0.05, 0) is 36.4 Å². The van der Waals surface area contributed by atoms with E-state index in [1.54, 1.807) is 48.5 Å². The second-order valence-electron chi connectivity index (χ2n) is 12.0. The van der Waals surface area contributed by atoms with Crippen LogP contribution in [0.2, 0.25) is 0 Å². The molecular formula is C39H45NO14. The summed E-state index contributed by atoms with van der Waals surface area (Å²) in [5.74, 6) is -0.715. The van der Waals surface area contributed by atoms with Crippen LogP contribution >= 0.6 is 0 Å². The molecule has 2 unspecified atom stereocenters. The van der Waals surface area contributed by atoms with Gasteiger partial charge in [0.05, 0.1) is 115 Å². The number of hydrogen-bond acceptors (Lipinski definition) is 15. The highest BCUT2D eigenvalue weighted by Crippen LogP contribution is 2.28. The number of benzene rings is 2. The van der Waals surface area contributed by atoms with Crippen LogP contribution in [0.5, 0.6) is 11.5 Å². The highest BCUT2D eigenvalue weighted by Gasteiger charge is 2.33. The van der Waals surface area contributed by atoms with E-state index in [1.807, 2.05) is 18.2 Å². The van der Waals surface area contributed by atoms with Gasteiger partial charge < -0.3 is 47.4 Å². The van der Waals surface area contributed by atoms with Gasteiger partial charge in [-0.15, -0.1) is 0 Å². The van der Waals surface area contributed by atoms with Crippen molar-refractivity contribution in [2.75, 3.05) is 79.3 Å². The second-order valence-corrected chi connectivity index (χ2v) is 12.0. The molecule has 15 nitrogen and oxygen atoms in total. The molecule has 0 amide bonds. The first kappa shape index (κ1) is 40.4. The SMILES string of the molecule is O=C1CC(C(=O)OCCOCCOCCOCc2cccc(COCCOCCOCCOC(=O)C3CC(=O)c4ccccc4O3)n2)Oc2ccccc21. The van der Waals surface area contributed by atoms with Gasteiger partial charge in [0.1, 0.15) is 24.7 Å². The van der Waals surface area contributed by atoms with Crippen LogP contribution in [0.1, 0.15) is 44.9 Å². The first-order valence-electron chi connectivity index (χ1n) is 17.8. The number of para-hydroxylation sites is 2. The quantitative estimate of drug-likeness (QED) is 0.0963. The lowest BCUT2D eigenvalue weighted by atomic mass is 10.0. The number of hydrogen-bond donors (Lipinski definition) is 0. The molecule has 0 aliphatic carbocycles. The summed E-state index contributed by atoms with van der Waals surface area (Å²) in [6, 6.07) is 19.3. The van der Waals surface area contributed by atoms with Gasteiger partial charge in [0.15, 0.2) is 11.6 Å². The third-order valence-corrected chi connectivity index (χ3v) is 7.98. The number of carbonyl (C=O) groups is 4. The maximum absolute atomic E-state index is 12.3. The lowest BCUT2D eigenvalue weighted by Gasteiger charge is -2.23. The Balaban J connectivity index is 0.786. The number of ether oxygens (including phenoxy) is 10. The standard InChI is InChI=1S/C39H45NO14/c41-32-24-36(53-34-10-3-1-8-30(32)34)38(43)51-22-20-47-14-12-45-16-18-49-26-28-6-5-7-29(40-28)27-50-19-17-46-13-15-48-21-23-52-39(44)37-25-33(42)31-9-2-4-11-35(31)54-37/h1-11,36-37H,12-27H2.